The average molecular weight is 480 g/mol. The van der Waals surface area contributed by atoms with Crippen LogP contribution in [0.3, 0.4) is 0 Å². The number of likely N-dealkylation sites (N-methyl/N-ethyl adjacent to an activating group) is 1. The normalized spacial score (nSPS) is 17.1. The molecule has 1 aromatic carbocycles. The topological polar surface area (TPSA) is 91.6 Å². The molecule has 3 heterocycles. The van der Waals surface area contributed by atoms with E-state index in [2.05, 4.69) is 19.6 Å². The third-order valence-electron chi connectivity index (χ3n) is 5.76. The van der Waals surface area contributed by atoms with Crippen LogP contribution in [0.2, 0.25) is 0 Å². The summed E-state index contributed by atoms with van der Waals surface area (Å²) in [6.45, 7) is 7.95. The fourth-order valence-corrected chi connectivity index (χ4v) is 5.79. The molecule has 1 atom stereocenters. The molecule has 0 bridgehead atoms. The van der Waals surface area contributed by atoms with Gasteiger partial charge in [0, 0.05) is 50.7 Å². The second-order valence-electron chi connectivity index (χ2n) is 8.07. The highest BCUT2D eigenvalue weighted by Crippen LogP contribution is 2.30. The number of thiazole rings is 1. The molecule has 0 aliphatic carbocycles. The van der Waals surface area contributed by atoms with Gasteiger partial charge in [0.15, 0.2) is 11.7 Å². The minimum atomic E-state index is -4.07. The standard InChI is InChI=1S/C21H26FN5O3S2/c1-13-7-20(32(28,29)25-21-11-31-12-23-21)17(22)8-19(13)26(4)16-5-6-27(9-16)10-18-14(2)30-15(3)24-18/h7-8,11-12,16,25H,5-6,9-10H2,1-4H3. The predicted molar refractivity (Wildman–Crippen MR) is 122 cm³/mol. The molecular formula is C21H26FN5O3S2. The zero-order valence-electron chi connectivity index (χ0n) is 18.4. The quantitative estimate of drug-likeness (QED) is 0.552. The van der Waals surface area contributed by atoms with Crippen LogP contribution in [0.15, 0.2) is 32.3 Å². The lowest BCUT2D eigenvalue weighted by Crippen LogP contribution is -2.35. The summed E-state index contributed by atoms with van der Waals surface area (Å²) in [4.78, 5) is 12.3. The van der Waals surface area contributed by atoms with E-state index in [9.17, 15) is 12.8 Å². The number of aromatic nitrogens is 2. The number of halogens is 1. The van der Waals surface area contributed by atoms with Gasteiger partial charge in [0.1, 0.15) is 16.5 Å². The second kappa shape index (κ2) is 8.80. The van der Waals surface area contributed by atoms with Crippen molar-refractivity contribution in [1.82, 2.24) is 14.9 Å². The molecule has 1 unspecified atom stereocenters. The van der Waals surface area contributed by atoms with E-state index < -0.39 is 15.8 Å². The average Bonchev–Trinajstić information content (AvgIpc) is 3.45. The van der Waals surface area contributed by atoms with Gasteiger partial charge in [0.2, 0.25) is 0 Å². The molecule has 0 radical (unpaired) electrons. The smallest absolute Gasteiger partial charge is 0.266 e. The highest BCUT2D eigenvalue weighted by atomic mass is 32.2. The van der Waals surface area contributed by atoms with E-state index in [-0.39, 0.29) is 16.8 Å². The number of hydrogen-bond acceptors (Lipinski definition) is 8. The van der Waals surface area contributed by atoms with Crippen LogP contribution in [0.25, 0.3) is 0 Å². The minimum absolute atomic E-state index is 0.178. The number of hydrogen-bond donors (Lipinski definition) is 1. The molecule has 0 spiro atoms. The van der Waals surface area contributed by atoms with Crippen LogP contribution in [-0.4, -0.2) is 49.5 Å². The Kier molecular flexibility index (Phi) is 6.24. The number of anilines is 2. The van der Waals surface area contributed by atoms with E-state index >= 15 is 0 Å². The van der Waals surface area contributed by atoms with Crippen LogP contribution in [0.5, 0.6) is 0 Å². The van der Waals surface area contributed by atoms with Gasteiger partial charge in [-0.15, -0.1) is 11.3 Å². The van der Waals surface area contributed by atoms with Gasteiger partial charge in [-0.25, -0.2) is 22.8 Å². The Morgan fingerprint density at radius 3 is 2.78 bits per heavy atom. The maximum Gasteiger partial charge on any atom is 0.266 e. The minimum Gasteiger partial charge on any atom is -0.446 e. The van der Waals surface area contributed by atoms with Gasteiger partial charge in [-0.1, -0.05) is 0 Å². The Morgan fingerprint density at radius 1 is 1.34 bits per heavy atom. The van der Waals surface area contributed by atoms with E-state index in [1.165, 1.54) is 29.0 Å². The van der Waals surface area contributed by atoms with Crippen LogP contribution in [0, 0.1) is 26.6 Å². The molecule has 1 aliphatic rings. The molecule has 3 aromatic rings. The van der Waals surface area contributed by atoms with Crippen molar-refractivity contribution in [1.29, 1.82) is 0 Å². The fourth-order valence-electron chi connectivity index (χ4n) is 4.09. The summed E-state index contributed by atoms with van der Waals surface area (Å²) in [6.07, 6.45) is 0.916. The van der Waals surface area contributed by atoms with Gasteiger partial charge >= 0.3 is 0 Å². The summed E-state index contributed by atoms with van der Waals surface area (Å²) in [5.74, 6) is 0.886. The summed E-state index contributed by atoms with van der Waals surface area (Å²) < 4.78 is 48.0. The van der Waals surface area contributed by atoms with Crippen LogP contribution in [0.4, 0.5) is 15.9 Å². The van der Waals surface area contributed by atoms with Crippen LogP contribution < -0.4 is 9.62 Å². The fraction of sp³-hybridized carbons (Fsp3) is 0.429. The Bertz CT molecular complexity index is 1210. The van der Waals surface area contributed by atoms with E-state index in [0.717, 1.165) is 31.0 Å². The third kappa shape index (κ3) is 4.64. The number of sulfonamides is 1. The maximum absolute atomic E-state index is 14.9. The maximum atomic E-state index is 14.9. The number of likely N-dealkylation sites (tertiary alicyclic amines) is 1. The molecule has 1 fully saturated rings. The molecule has 8 nitrogen and oxygen atoms in total. The summed E-state index contributed by atoms with van der Waals surface area (Å²) >= 11 is 1.25. The summed E-state index contributed by atoms with van der Waals surface area (Å²) in [7, 11) is -2.15. The molecule has 0 saturated carbocycles. The first-order valence-electron chi connectivity index (χ1n) is 10.2. The lowest BCUT2D eigenvalue weighted by Gasteiger charge is -2.29. The van der Waals surface area contributed by atoms with Crippen molar-refractivity contribution in [2.45, 2.75) is 44.7 Å². The van der Waals surface area contributed by atoms with Crippen molar-refractivity contribution in [3.63, 3.8) is 0 Å². The van der Waals surface area contributed by atoms with Gasteiger partial charge in [-0.2, -0.15) is 0 Å². The molecule has 2 aromatic heterocycles. The number of nitrogens with zero attached hydrogens (tertiary/aromatic N) is 4. The first kappa shape index (κ1) is 22.7. The van der Waals surface area contributed by atoms with Crippen LogP contribution in [0.1, 0.15) is 29.3 Å². The van der Waals surface area contributed by atoms with Crippen molar-refractivity contribution < 1.29 is 17.2 Å². The lowest BCUT2D eigenvalue weighted by molar-refractivity contribution is 0.320. The largest absolute Gasteiger partial charge is 0.446 e. The molecule has 1 N–H and O–H groups in total. The van der Waals surface area contributed by atoms with E-state index in [1.807, 2.05) is 25.8 Å². The molecule has 11 heteroatoms. The molecule has 32 heavy (non-hydrogen) atoms. The van der Waals surface area contributed by atoms with Gasteiger partial charge in [-0.3, -0.25) is 9.62 Å². The molecule has 1 aliphatic heterocycles. The first-order valence-corrected chi connectivity index (χ1v) is 12.7. The zero-order valence-corrected chi connectivity index (χ0v) is 20.1. The Labute approximate surface area is 191 Å². The van der Waals surface area contributed by atoms with E-state index in [4.69, 9.17) is 4.42 Å². The van der Waals surface area contributed by atoms with E-state index in [1.54, 1.807) is 12.3 Å². The highest BCUT2D eigenvalue weighted by Gasteiger charge is 2.29. The van der Waals surface area contributed by atoms with Gasteiger partial charge in [-0.05, 0) is 38.0 Å². The molecule has 0 amide bonds. The van der Waals surface area contributed by atoms with E-state index in [0.29, 0.717) is 23.7 Å². The number of benzene rings is 1. The molecule has 1 saturated heterocycles. The van der Waals surface area contributed by atoms with Gasteiger partial charge in [0.05, 0.1) is 11.2 Å². The van der Waals surface area contributed by atoms with Crippen molar-refractivity contribution in [2.24, 2.45) is 0 Å². The Balaban J connectivity index is 1.49. The predicted octanol–water partition coefficient (Wildman–Crippen LogP) is 3.71. The summed E-state index contributed by atoms with van der Waals surface area (Å²) in [6, 6.07) is 2.86. The van der Waals surface area contributed by atoms with Crippen molar-refractivity contribution in [3.05, 3.63) is 51.7 Å². The summed E-state index contributed by atoms with van der Waals surface area (Å²) in [5.41, 5.74) is 3.81. The van der Waals surface area contributed by atoms with Crippen molar-refractivity contribution in [3.8, 4) is 0 Å². The summed E-state index contributed by atoms with van der Waals surface area (Å²) in [5, 5.41) is 1.55. The Morgan fingerprint density at radius 2 is 2.12 bits per heavy atom. The Hall–Kier alpha value is -2.50. The van der Waals surface area contributed by atoms with Crippen LogP contribution in [-0.2, 0) is 16.6 Å². The number of nitrogens with one attached hydrogen (secondary N) is 1. The van der Waals surface area contributed by atoms with Crippen molar-refractivity contribution in [2.75, 3.05) is 29.8 Å². The SMILES string of the molecule is Cc1nc(CN2CCC(N(C)c3cc(F)c(S(=O)(=O)Nc4cscn4)cc3C)C2)c(C)o1. The number of aryl methyl sites for hydroxylation is 3. The third-order valence-corrected chi connectivity index (χ3v) is 7.72. The van der Waals surface area contributed by atoms with Gasteiger partial charge < -0.3 is 9.32 Å². The molecule has 4 rings (SSSR count). The number of oxazole rings is 1. The van der Waals surface area contributed by atoms with Crippen LogP contribution >= 0.6 is 11.3 Å². The molecule has 172 valence electrons. The monoisotopic (exact) mass is 479 g/mol. The number of rotatable bonds is 7. The lowest BCUT2D eigenvalue weighted by atomic mass is 10.1. The first-order chi connectivity index (χ1) is 15.1. The zero-order chi connectivity index (χ0) is 23.0. The second-order valence-corrected chi connectivity index (χ2v) is 10.4. The molecular weight excluding hydrogens is 453 g/mol. The van der Waals surface area contributed by atoms with Crippen molar-refractivity contribution >= 4 is 32.9 Å². The highest BCUT2D eigenvalue weighted by molar-refractivity contribution is 7.92. The van der Waals surface area contributed by atoms with Gasteiger partial charge in [0.25, 0.3) is 10.0 Å².